The number of rotatable bonds is 2. The highest BCUT2D eigenvalue weighted by Crippen LogP contribution is 2.04. The van der Waals surface area contributed by atoms with Crippen molar-refractivity contribution in [2.45, 2.75) is 12.5 Å². The van der Waals surface area contributed by atoms with Gasteiger partial charge in [-0.2, -0.15) is 5.10 Å². The van der Waals surface area contributed by atoms with E-state index in [4.69, 9.17) is 4.74 Å². The Balaban J connectivity index is 1.91. The SMILES string of the molecule is O=C(N[C@@H]1CCOC1)c1ccn[nH]1. The molecule has 1 fully saturated rings. The van der Waals surface area contributed by atoms with Gasteiger partial charge < -0.3 is 10.1 Å². The molecule has 1 amide bonds. The van der Waals surface area contributed by atoms with E-state index in [1.54, 1.807) is 12.3 Å². The second-order valence-corrected chi connectivity index (χ2v) is 3.00. The van der Waals surface area contributed by atoms with Crippen LogP contribution in [0.15, 0.2) is 12.3 Å². The number of hydrogen-bond acceptors (Lipinski definition) is 3. The minimum atomic E-state index is -0.118. The van der Waals surface area contributed by atoms with Gasteiger partial charge in [-0.3, -0.25) is 9.89 Å². The number of nitrogens with zero attached hydrogens (tertiary/aromatic N) is 1. The van der Waals surface area contributed by atoms with Crippen LogP contribution in [0.1, 0.15) is 16.9 Å². The maximum atomic E-state index is 11.4. The number of carbonyl (C=O) groups is 1. The molecule has 2 rings (SSSR count). The van der Waals surface area contributed by atoms with Gasteiger partial charge in [0.2, 0.25) is 0 Å². The van der Waals surface area contributed by atoms with Crippen molar-refractivity contribution in [1.82, 2.24) is 15.5 Å². The molecular formula is C8H11N3O2. The van der Waals surface area contributed by atoms with Crippen molar-refractivity contribution in [2.75, 3.05) is 13.2 Å². The molecule has 0 aromatic carbocycles. The molecule has 5 nitrogen and oxygen atoms in total. The van der Waals surface area contributed by atoms with Crippen molar-refractivity contribution >= 4 is 5.91 Å². The molecule has 13 heavy (non-hydrogen) atoms. The van der Waals surface area contributed by atoms with Crippen molar-refractivity contribution in [2.24, 2.45) is 0 Å². The molecule has 0 aliphatic carbocycles. The topological polar surface area (TPSA) is 67.0 Å². The van der Waals surface area contributed by atoms with E-state index in [2.05, 4.69) is 15.5 Å². The van der Waals surface area contributed by atoms with Crippen LogP contribution in [0.5, 0.6) is 0 Å². The highest BCUT2D eigenvalue weighted by atomic mass is 16.5. The van der Waals surface area contributed by atoms with Crippen LogP contribution in [0, 0.1) is 0 Å². The summed E-state index contributed by atoms with van der Waals surface area (Å²) in [5.41, 5.74) is 0.493. The molecule has 1 aliphatic rings. The monoisotopic (exact) mass is 181 g/mol. The van der Waals surface area contributed by atoms with Crippen LogP contribution in [0.3, 0.4) is 0 Å². The lowest BCUT2D eigenvalue weighted by molar-refractivity contribution is 0.0925. The summed E-state index contributed by atoms with van der Waals surface area (Å²) >= 11 is 0. The van der Waals surface area contributed by atoms with Gasteiger partial charge in [0.25, 0.3) is 5.91 Å². The van der Waals surface area contributed by atoms with Crippen LogP contribution in [0.25, 0.3) is 0 Å². The Hall–Kier alpha value is -1.36. The molecule has 0 bridgehead atoms. The van der Waals surface area contributed by atoms with E-state index >= 15 is 0 Å². The molecule has 2 N–H and O–H groups in total. The largest absolute Gasteiger partial charge is 0.379 e. The molecule has 70 valence electrons. The van der Waals surface area contributed by atoms with E-state index in [9.17, 15) is 4.79 Å². The summed E-state index contributed by atoms with van der Waals surface area (Å²) in [5, 5.41) is 9.15. The lowest BCUT2D eigenvalue weighted by atomic mass is 10.2. The second-order valence-electron chi connectivity index (χ2n) is 3.00. The zero-order valence-corrected chi connectivity index (χ0v) is 7.12. The third-order valence-corrected chi connectivity index (χ3v) is 2.01. The molecule has 1 aromatic heterocycles. The number of H-pyrrole nitrogens is 1. The van der Waals surface area contributed by atoms with Gasteiger partial charge in [0.05, 0.1) is 12.6 Å². The van der Waals surface area contributed by atoms with Gasteiger partial charge in [-0.25, -0.2) is 0 Å². The zero-order valence-electron chi connectivity index (χ0n) is 7.12. The van der Waals surface area contributed by atoms with Crippen LogP contribution >= 0.6 is 0 Å². The fraction of sp³-hybridized carbons (Fsp3) is 0.500. The molecule has 1 saturated heterocycles. The van der Waals surface area contributed by atoms with Crippen molar-refractivity contribution in [3.63, 3.8) is 0 Å². The molecular weight excluding hydrogens is 170 g/mol. The van der Waals surface area contributed by atoms with Gasteiger partial charge in [-0.15, -0.1) is 0 Å². The molecule has 0 saturated carbocycles. The average molecular weight is 181 g/mol. The molecule has 0 radical (unpaired) electrons. The predicted molar refractivity (Wildman–Crippen MR) is 45.3 cm³/mol. The minimum Gasteiger partial charge on any atom is -0.379 e. The summed E-state index contributed by atoms with van der Waals surface area (Å²) in [5.74, 6) is -0.118. The maximum Gasteiger partial charge on any atom is 0.269 e. The molecule has 1 aromatic rings. The van der Waals surface area contributed by atoms with Crippen LogP contribution in [0.4, 0.5) is 0 Å². The van der Waals surface area contributed by atoms with Crippen molar-refractivity contribution in [1.29, 1.82) is 0 Å². The summed E-state index contributed by atoms with van der Waals surface area (Å²) in [4.78, 5) is 11.4. The minimum absolute atomic E-state index is 0.118. The highest BCUT2D eigenvalue weighted by Gasteiger charge is 2.18. The van der Waals surface area contributed by atoms with E-state index in [1.807, 2.05) is 0 Å². The molecule has 1 aliphatic heterocycles. The second kappa shape index (κ2) is 3.57. The number of carbonyl (C=O) groups excluding carboxylic acids is 1. The molecule has 0 spiro atoms. The Labute approximate surface area is 75.5 Å². The number of ether oxygens (including phenoxy) is 1. The smallest absolute Gasteiger partial charge is 0.269 e. The molecule has 1 atom stereocenters. The van der Waals surface area contributed by atoms with Crippen LogP contribution in [0.2, 0.25) is 0 Å². The Morgan fingerprint density at radius 3 is 3.31 bits per heavy atom. The Morgan fingerprint density at radius 1 is 1.77 bits per heavy atom. The number of aromatic nitrogens is 2. The van der Waals surface area contributed by atoms with Crippen molar-refractivity contribution < 1.29 is 9.53 Å². The van der Waals surface area contributed by atoms with Gasteiger partial charge in [-0.1, -0.05) is 0 Å². The van der Waals surface area contributed by atoms with Crippen LogP contribution < -0.4 is 5.32 Å². The summed E-state index contributed by atoms with van der Waals surface area (Å²) in [7, 11) is 0. The first kappa shape index (κ1) is 8.25. The Bertz CT molecular complexity index is 278. The number of hydrogen-bond donors (Lipinski definition) is 2. The average Bonchev–Trinajstić information content (AvgIpc) is 2.74. The summed E-state index contributed by atoms with van der Waals surface area (Å²) in [6.07, 6.45) is 2.44. The van der Waals surface area contributed by atoms with Gasteiger partial charge in [0, 0.05) is 12.8 Å². The van der Waals surface area contributed by atoms with Gasteiger partial charge >= 0.3 is 0 Å². The first-order valence-electron chi connectivity index (χ1n) is 4.24. The van der Waals surface area contributed by atoms with Gasteiger partial charge in [-0.05, 0) is 12.5 Å². The van der Waals surface area contributed by atoms with E-state index in [-0.39, 0.29) is 11.9 Å². The summed E-state index contributed by atoms with van der Waals surface area (Å²) in [6.45, 7) is 1.34. The lowest BCUT2D eigenvalue weighted by Gasteiger charge is -2.08. The first-order valence-corrected chi connectivity index (χ1v) is 4.24. The fourth-order valence-corrected chi connectivity index (χ4v) is 1.29. The van der Waals surface area contributed by atoms with E-state index < -0.39 is 0 Å². The quantitative estimate of drug-likeness (QED) is 0.671. The third kappa shape index (κ3) is 1.86. The number of amides is 1. The molecule has 2 heterocycles. The maximum absolute atomic E-state index is 11.4. The fourth-order valence-electron chi connectivity index (χ4n) is 1.29. The van der Waals surface area contributed by atoms with Crippen molar-refractivity contribution in [3.8, 4) is 0 Å². The predicted octanol–water partition coefficient (Wildman–Crippen LogP) is -0.0716. The summed E-state index contributed by atoms with van der Waals surface area (Å²) < 4.78 is 5.13. The van der Waals surface area contributed by atoms with Crippen LogP contribution in [-0.4, -0.2) is 35.4 Å². The molecule has 5 heteroatoms. The first-order chi connectivity index (χ1) is 6.36. The highest BCUT2D eigenvalue weighted by molar-refractivity contribution is 5.92. The standard InChI is InChI=1S/C8H11N3O2/c12-8(7-1-3-9-11-7)10-6-2-4-13-5-6/h1,3,6H,2,4-5H2,(H,9,11)(H,10,12)/t6-/m1/s1. The lowest BCUT2D eigenvalue weighted by Crippen LogP contribution is -2.35. The summed E-state index contributed by atoms with van der Waals surface area (Å²) in [6, 6.07) is 1.79. The third-order valence-electron chi connectivity index (χ3n) is 2.01. The van der Waals surface area contributed by atoms with E-state index in [0.29, 0.717) is 12.3 Å². The zero-order chi connectivity index (χ0) is 9.10. The molecule has 0 unspecified atom stereocenters. The van der Waals surface area contributed by atoms with Crippen LogP contribution in [-0.2, 0) is 4.74 Å². The number of aromatic amines is 1. The van der Waals surface area contributed by atoms with Gasteiger partial charge in [0.15, 0.2) is 0 Å². The van der Waals surface area contributed by atoms with E-state index in [0.717, 1.165) is 13.0 Å². The number of nitrogens with one attached hydrogen (secondary N) is 2. The van der Waals surface area contributed by atoms with E-state index in [1.165, 1.54) is 0 Å². The Morgan fingerprint density at radius 2 is 2.69 bits per heavy atom. The van der Waals surface area contributed by atoms with Gasteiger partial charge in [0.1, 0.15) is 5.69 Å². The normalized spacial score (nSPS) is 21.7. The van der Waals surface area contributed by atoms with Crippen molar-refractivity contribution in [3.05, 3.63) is 18.0 Å². The Kier molecular flexibility index (Phi) is 2.27.